The van der Waals surface area contributed by atoms with Gasteiger partial charge < -0.3 is 5.32 Å². The Morgan fingerprint density at radius 1 is 1.14 bits per heavy atom. The van der Waals surface area contributed by atoms with Crippen LogP contribution in [0.5, 0.6) is 0 Å². The van der Waals surface area contributed by atoms with Crippen LogP contribution in [0.25, 0.3) is 17.3 Å². The van der Waals surface area contributed by atoms with Gasteiger partial charge in [-0.05, 0) is 31.2 Å². The van der Waals surface area contributed by atoms with E-state index < -0.39 is 0 Å². The SMILES string of the molecule is CCNc1nc(-c2ccc(F)cc2)nc(-n2cncn2)n1. The number of aromatic nitrogens is 6. The van der Waals surface area contributed by atoms with Gasteiger partial charge in [0.25, 0.3) is 5.95 Å². The van der Waals surface area contributed by atoms with Crippen LogP contribution in [0, 0.1) is 5.82 Å². The Morgan fingerprint density at radius 3 is 2.62 bits per heavy atom. The number of nitrogens with zero attached hydrogens (tertiary/aromatic N) is 6. The number of nitrogens with one attached hydrogen (secondary N) is 1. The highest BCUT2D eigenvalue weighted by Gasteiger charge is 2.10. The van der Waals surface area contributed by atoms with Crippen molar-refractivity contribution in [3.8, 4) is 17.3 Å². The topological polar surface area (TPSA) is 81.4 Å². The van der Waals surface area contributed by atoms with Gasteiger partial charge in [0.1, 0.15) is 18.5 Å². The molecule has 0 fully saturated rings. The molecule has 2 aromatic heterocycles. The lowest BCUT2D eigenvalue weighted by Gasteiger charge is -2.07. The minimum Gasteiger partial charge on any atom is -0.354 e. The van der Waals surface area contributed by atoms with Crippen molar-refractivity contribution in [3.05, 3.63) is 42.7 Å². The van der Waals surface area contributed by atoms with E-state index in [0.717, 1.165) is 0 Å². The van der Waals surface area contributed by atoms with Gasteiger partial charge in [0.2, 0.25) is 5.95 Å². The molecule has 0 atom stereocenters. The Kier molecular flexibility index (Phi) is 3.50. The summed E-state index contributed by atoms with van der Waals surface area (Å²) in [6.45, 7) is 2.61. The zero-order valence-corrected chi connectivity index (χ0v) is 11.2. The first-order valence-electron chi connectivity index (χ1n) is 6.37. The molecule has 0 saturated heterocycles. The lowest BCUT2D eigenvalue weighted by molar-refractivity contribution is 0.628. The molecule has 0 radical (unpaired) electrons. The summed E-state index contributed by atoms with van der Waals surface area (Å²) < 4.78 is 14.5. The summed E-state index contributed by atoms with van der Waals surface area (Å²) in [6, 6.07) is 5.96. The van der Waals surface area contributed by atoms with E-state index in [1.54, 1.807) is 12.1 Å². The van der Waals surface area contributed by atoms with Crippen molar-refractivity contribution in [2.75, 3.05) is 11.9 Å². The molecule has 0 unspecified atom stereocenters. The summed E-state index contributed by atoms with van der Waals surface area (Å²) in [5.41, 5.74) is 0.694. The highest BCUT2D eigenvalue weighted by molar-refractivity contribution is 5.56. The fourth-order valence-corrected chi connectivity index (χ4v) is 1.74. The van der Waals surface area contributed by atoms with Crippen LogP contribution in [-0.4, -0.2) is 36.3 Å². The van der Waals surface area contributed by atoms with E-state index in [0.29, 0.717) is 29.8 Å². The third kappa shape index (κ3) is 2.83. The van der Waals surface area contributed by atoms with Crippen LogP contribution in [0.15, 0.2) is 36.9 Å². The highest BCUT2D eigenvalue weighted by Crippen LogP contribution is 2.17. The van der Waals surface area contributed by atoms with E-state index in [1.807, 2.05) is 6.92 Å². The molecule has 8 heteroatoms. The second-order valence-corrected chi connectivity index (χ2v) is 4.16. The van der Waals surface area contributed by atoms with E-state index in [1.165, 1.54) is 29.5 Å². The second-order valence-electron chi connectivity index (χ2n) is 4.16. The Hall–Kier alpha value is -2.90. The van der Waals surface area contributed by atoms with E-state index in [-0.39, 0.29) is 5.82 Å². The molecule has 7 nitrogen and oxygen atoms in total. The molecule has 3 aromatic rings. The van der Waals surface area contributed by atoms with Crippen molar-refractivity contribution in [2.45, 2.75) is 6.92 Å². The van der Waals surface area contributed by atoms with Crippen LogP contribution in [-0.2, 0) is 0 Å². The second kappa shape index (κ2) is 5.61. The van der Waals surface area contributed by atoms with E-state index in [4.69, 9.17) is 0 Å². The number of anilines is 1. The summed E-state index contributed by atoms with van der Waals surface area (Å²) in [5, 5.41) is 7.04. The van der Waals surface area contributed by atoms with Crippen LogP contribution in [0.4, 0.5) is 10.3 Å². The molecule has 0 aliphatic heterocycles. The smallest absolute Gasteiger partial charge is 0.257 e. The highest BCUT2D eigenvalue weighted by atomic mass is 19.1. The summed E-state index contributed by atoms with van der Waals surface area (Å²) in [5.74, 6) is 0.901. The van der Waals surface area contributed by atoms with Crippen LogP contribution >= 0.6 is 0 Å². The zero-order chi connectivity index (χ0) is 14.7. The van der Waals surface area contributed by atoms with Crippen molar-refractivity contribution >= 4 is 5.95 Å². The van der Waals surface area contributed by atoms with Crippen molar-refractivity contribution in [2.24, 2.45) is 0 Å². The Morgan fingerprint density at radius 2 is 1.95 bits per heavy atom. The van der Waals surface area contributed by atoms with Gasteiger partial charge in [0.05, 0.1) is 0 Å². The molecular weight excluding hydrogens is 273 g/mol. The van der Waals surface area contributed by atoms with Gasteiger partial charge in [-0.25, -0.2) is 9.37 Å². The number of benzene rings is 1. The Bertz CT molecular complexity index is 725. The molecule has 0 saturated carbocycles. The molecule has 1 aromatic carbocycles. The standard InChI is InChI=1S/C13H12FN7/c1-2-16-12-18-11(9-3-5-10(14)6-4-9)19-13(20-12)21-8-15-7-17-21/h3-8H,2H2,1H3,(H,16,18,19,20). The molecule has 0 bridgehead atoms. The summed E-state index contributed by atoms with van der Waals surface area (Å²) in [6.07, 6.45) is 2.90. The van der Waals surface area contributed by atoms with Gasteiger partial charge in [0.15, 0.2) is 5.82 Å². The molecule has 2 heterocycles. The zero-order valence-electron chi connectivity index (χ0n) is 11.2. The van der Waals surface area contributed by atoms with Gasteiger partial charge in [-0.3, -0.25) is 0 Å². The summed E-state index contributed by atoms with van der Waals surface area (Å²) in [7, 11) is 0. The molecule has 0 aliphatic rings. The molecule has 0 amide bonds. The van der Waals surface area contributed by atoms with Crippen molar-refractivity contribution < 1.29 is 4.39 Å². The largest absolute Gasteiger partial charge is 0.354 e. The van der Waals surface area contributed by atoms with Gasteiger partial charge in [0, 0.05) is 12.1 Å². The average Bonchev–Trinajstić information content (AvgIpc) is 3.02. The third-order valence-corrected chi connectivity index (χ3v) is 2.68. The lowest BCUT2D eigenvalue weighted by Crippen LogP contribution is -2.10. The number of hydrogen-bond donors (Lipinski definition) is 1. The number of halogens is 1. The molecule has 3 rings (SSSR count). The molecule has 1 N–H and O–H groups in total. The molecule has 0 spiro atoms. The maximum Gasteiger partial charge on any atom is 0.257 e. The monoisotopic (exact) mass is 285 g/mol. The fraction of sp³-hybridized carbons (Fsp3) is 0.154. The molecular formula is C13H12FN7. The maximum absolute atomic E-state index is 13.0. The van der Waals surface area contributed by atoms with Crippen molar-refractivity contribution in [1.82, 2.24) is 29.7 Å². The minimum atomic E-state index is -0.309. The third-order valence-electron chi connectivity index (χ3n) is 2.68. The quantitative estimate of drug-likeness (QED) is 0.785. The van der Waals surface area contributed by atoms with E-state index in [2.05, 4.69) is 30.4 Å². The molecule has 21 heavy (non-hydrogen) atoms. The normalized spacial score (nSPS) is 10.6. The number of rotatable bonds is 4. The number of hydrogen-bond acceptors (Lipinski definition) is 6. The summed E-state index contributed by atoms with van der Waals surface area (Å²) in [4.78, 5) is 16.8. The van der Waals surface area contributed by atoms with Crippen LogP contribution in [0.2, 0.25) is 0 Å². The van der Waals surface area contributed by atoms with Crippen molar-refractivity contribution in [3.63, 3.8) is 0 Å². The first kappa shape index (κ1) is 13.1. The van der Waals surface area contributed by atoms with Gasteiger partial charge in [-0.1, -0.05) is 0 Å². The van der Waals surface area contributed by atoms with Crippen molar-refractivity contribution in [1.29, 1.82) is 0 Å². The lowest BCUT2D eigenvalue weighted by atomic mass is 10.2. The first-order valence-corrected chi connectivity index (χ1v) is 6.37. The first-order chi connectivity index (χ1) is 10.3. The molecule has 0 aliphatic carbocycles. The predicted octanol–water partition coefficient (Wildman–Crippen LogP) is 1.69. The van der Waals surface area contributed by atoms with Crippen LogP contribution < -0.4 is 5.32 Å². The average molecular weight is 285 g/mol. The Labute approximate surface area is 119 Å². The maximum atomic E-state index is 13.0. The fourth-order valence-electron chi connectivity index (χ4n) is 1.74. The molecule has 106 valence electrons. The predicted molar refractivity (Wildman–Crippen MR) is 74.3 cm³/mol. The Balaban J connectivity index is 2.09. The summed E-state index contributed by atoms with van der Waals surface area (Å²) >= 11 is 0. The van der Waals surface area contributed by atoms with Gasteiger partial charge >= 0.3 is 0 Å². The minimum absolute atomic E-state index is 0.309. The van der Waals surface area contributed by atoms with Gasteiger partial charge in [-0.2, -0.15) is 24.7 Å². The van der Waals surface area contributed by atoms with Crippen LogP contribution in [0.3, 0.4) is 0 Å². The van der Waals surface area contributed by atoms with E-state index >= 15 is 0 Å². The van der Waals surface area contributed by atoms with Gasteiger partial charge in [-0.15, -0.1) is 0 Å². The van der Waals surface area contributed by atoms with Crippen LogP contribution in [0.1, 0.15) is 6.92 Å². The van der Waals surface area contributed by atoms with E-state index in [9.17, 15) is 4.39 Å².